The van der Waals surface area contributed by atoms with Crippen molar-refractivity contribution in [1.82, 2.24) is 30.8 Å². The van der Waals surface area contributed by atoms with Crippen molar-refractivity contribution in [3.8, 4) is 0 Å². The van der Waals surface area contributed by atoms with Gasteiger partial charge in [-0.05, 0) is 37.7 Å². The maximum absolute atomic E-state index is 12.5. The molecule has 1 aromatic carbocycles. The molecule has 34 heavy (non-hydrogen) atoms. The molecule has 3 fully saturated rings. The number of nitrogens with zero attached hydrogens (tertiary/aromatic N) is 4. The van der Waals surface area contributed by atoms with E-state index in [0.717, 1.165) is 37.5 Å². The summed E-state index contributed by atoms with van der Waals surface area (Å²) in [5.41, 5.74) is 4.90. The van der Waals surface area contributed by atoms with E-state index < -0.39 is 0 Å². The zero-order valence-electron chi connectivity index (χ0n) is 20.0. The van der Waals surface area contributed by atoms with Gasteiger partial charge in [-0.15, -0.1) is 10.2 Å². The topological polar surface area (TPSA) is 87.1 Å². The number of benzene rings is 1. The van der Waals surface area contributed by atoms with Crippen LogP contribution in [0.3, 0.4) is 0 Å². The molecule has 0 bridgehead atoms. The fraction of sp³-hybridized carbons (Fsp3) is 0.654. The number of amides is 1. The smallest absolute Gasteiger partial charge is 0.243 e. The predicted octanol–water partition coefficient (Wildman–Crippen LogP) is 3.73. The maximum atomic E-state index is 12.5. The molecule has 0 radical (unpaired) electrons. The molecule has 8 heteroatoms. The molecule has 1 aromatic heterocycles. The largest absolute Gasteiger partial charge is 0.353 e. The van der Waals surface area contributed by atoms with Gasteiger partial charge in [0.25, 0.3) is 0 Å². The molecule has 0 spiro atoms. The fourth-order valence-corrected chi connectivity index (χ4v) is 6.59. The van der Waals surface area contributed by atoms with Gasteiger partial charge >= 0.3 is 0 Å². The van der Waals surface area contributed by atoms with Crippen LogP contribution in [0.5, 0.6) is 0 Å². The number of rotatable bonds is 6. The van der Waals surface area contributed by atoms with Crippen molar-refractivity contribution in [3.05, 3.63) is 41.7 Å². The van der Waals surface area contributed by atoms with Crippen molar-refractivity contribution in [3.63, 3.8) is 0 Å². The highest BCUT2D eigenvalue weighted by Crippen LogP contribution is 2.45. The number of fused-ring (bicyclic) bond motifs is 6. The molecule has 1 saturated heterocycles. The van der Waals surface area contributed by atoms with E-state index in [1.807, 2.05) is 0 Å². The quantitative estimate of drug-likeness (QED) is 0.605. The number of aromatic nitrogens is 3. The third kappa shape index (κ3) is 4.22. The summed E-state index contributed by atoms with van der Waals surface area (Å²) in [6.07, 6.45) is 13.4. The third-order valence-corrected chi connectivity index (χ3v) is 8.27. The van der Waals surface area contributed by atoms with Crippen molar-refractivity contribution in [2.75, 3.05) is 5.01 Å². The Labute approximate surface area is 201 Å². The normalized spacial score (nSPS) is 28.8. The Hall–Kier alpha value is -2.45. The van der Waals surface area contributed by atoms with E-state index in [1.54, 1.807) is 0 Å². The molecule has 4 unspecified atom stereocenters. The predicted molar refractivity (Wildman–Crippen MR) is 131 cm³/mol. The molecule has 2 aromatic rings. The third-order valence-electron chi connectivity index (χ3n) is 8.27. The Kier molecular flexibility index (Phi) is 6.26. The van der Waals surface area contributed by atoms with Crippen molar-refractivity contribution in [2.24, 2.45) is 5.92 Å². The summed E-state index contributed by atoms with van der Waals surface area (Å²) in [6, 6.07) is 11.4. The number of anilines is 1. The second-order valence-corrected chi connectivity index (χ2v) is 10.5. The lowest BCUT2D eigenvalue weighted by Gasteiger charge is -2.44. The highest BCUT2D eigenvalue weighted by Gasteiger charge is 2.48. The van der Waals surface area contributed by atoms with Gasteiger partial charge in [-0.2, -0.15) is 0 Å². The molecule has 2 aliphatic heterocycles. The van der Waals surface area contributed by atoms with Gasteiger partial charge in [0.2, 0.25) is 11.9 Å². The summed E-state index contributed by atoms with van der Waals surface area (Å²) in [6.45, 7) is 0. The minimum atomic E-state index is 0.0731. The van der Waals surface area contributed by atoms with Gasteiger partial charge in [0.1, 0.15) is 18.2 Å². The van der Waals surface area contributed by atoms with E-state index in [2.05, 4.69) is 66.2 Å². The van der Waals surface area contributed by atoms with Crippen molar-refractivity contribution in [2.45, 2.75) is 101 Å². The van der Waals surface area contributed by atoms with Gasteiger partial charge in [-0.3, -0.25) is 19.7 Å². The van der Waals surface area contributed by atoms with Crippen LogP contribution in [0.15, 0.2) is 30.3 Å². The Morgan fingerprint density at radius 2 is 1.79 bits per heavy atom. The van der Waals surface area contributed by atoms with Crippen LogP contribution < -0.4 is 21.1 Å². The monoisotopic (exact) mass is 463 g/mol. The number of aryl methyl sites for hydroxylation is 1. The summed E-state index contributed by atoms with van der Waals surface area (Å²) >= 11 is 0. The molecule has 1 amide bonds. The molecule has 6 rings (SSSR count). The Balaban J connectivity index is 1.16. The Bertz CT molecular complexity index is 986. The molecule has 4 atom stereocenters. The molecule has 2 aliphatic carbocycles. The summed E-state index contributed by atoms with van der Waals surface area (Å²) < 4.78 is 2.39. The van der Waals surface area contributed by atoms with E-state index in [-0.39, 0.29) is 18.2 Å². The van der Waals surface area contributed by atoms with E-state index in [9.17, 15) is 4.79 Å². The van der Waals surface area contributed by atoms with E-state index in [0.29, 0.717) is 24.4 Å². The van der Waals surface area contributed by atoms with E-state index in [1.165, 1.54) is 50.5 Å². The van der Waals surface area contributed by atoms with Crippen molar-refractivity contribution < 1.29 is 4.79 Å². The first-order valence-corrected chi connectivity index (χ1v) is 13.4. The van der Waals surface area contributed by atoms with E-state index in [4.69, 9.17) is 0 Å². The van der Waals surface area contributed by atoms with Crippen LogP contribution in [0.1, 0.15) is 94.2 Å². The van der Waals surface area contributed by atoms with Crippen LogP contribution in [-0.2, 0) is 11.2 Å². The maximum Gasteiger partial charge on any atom is 0.243 e. The SMILES string of the molecule is O=C(CCCc1nnc2n1C1CCCCC1C1NC(c3ccccc3)NN21)NC1CCCCC1. The number of carbonyl (C=O) groups is 1. The second-order valence-electron chi connectivity index (χ2n) is 10.5. The number of carbonyl (C=O) groups excluding carboxylic acids is 1. The average molecular weight is 464 g/mol. The first kappa shape index (κ1) is 22.0. The van der Waals surface area contributed by atoms with Gasteiger partial charge in [0, 0.05) is 30.8 Å². The number of hydrogen-bond acceptors (Lipinski definition) is 6. The molecule has 3 heterocycles. The fourth-order valence-electron chi connectivity index (χ4n) is 6.59. The van der Waals surface area contributed by atoms with Crippen LogP contribution in [0.2, 0.25) is 0 Å². The lowest BCUT2D eigenvalue weighted by atomic mass is 9.81. The molecule has 182 valence electrons. The first-order valence-electron chi connectivity index (χ1n) is 13.4. The molecule has 8 nitrogen and oxygen atoms in total. The second kappa shape index (κ2) is 9.66. The van der Waals surface area contributed by atoms with Crippen LogP contribution >= 0.6 is 0 Å². The highest BCUT2D eigenvalue weighted by molar-refractivity contribution is 5.76. The summed E-state index contributed by atoms with van der Waals surface area (Å²) in [7, 11) is 0. The Morgan fingerprint density at radius 3 is 2.65 bits per heavy atom. The molecular weight excluding hydrogens is 426 g/mol. The standard InChI is InChI=1S/C26H37N7O/c34-23(27-19-12-5-2-6-13-19)17-9-16-22-29-30-26-32(22)21-15-8-7-14-20(21)25-28-24(31-33(25)26)18-10-3-1-4-11-18/h1,3-4,10-11,19-21,24-25,28,31H,2,5-9,12-17H2,(H,27,34). The van der Waals surface area contributed by atoms with Crippen molar-refractivity contribution in [1.29, 1.82) is 0 Å². The Morgan fingerprint density at radius 1 is 1.00 bits per heavy atom. The van der Waals surface area contributed by atoms with Gasteiger partial charge in [0.15, 0.2) is 0 Å². The molecule has 2 saturated carbocycles. The van der Waals surface area contributed by atoms with Crippen LogP contribution in [-0.4, -0.2) is 32.9 Å². The minimum absolute atomic E-state index is 0.0731. The summed E-state index contributed by atoms with van der Waals surface area (Å²) in [5, 5.41) is 18.6. The van der Waals surface area contributed by atoms with Crippen molar-refractivity contribution >= 4 is 11.9 Å². The van der Waals surface area contributed by atoms with Gasteiger partial charge in [-0.1, -0.05) is 62.4 Å². The lowest BCUT2D eigenvalue weighted by molar-refractivity contribution is -0.122. The summed E-state index contributed by atoms with van der Waals surface area (Å²) in [4.78, 5) is 12.5. The van der Waals surface area contributed by atoms with Crippen LogP contribution in [0.25, 0.3) is 0 Å². The van der Waals surface area contributed by atoms with Gasteiger partial charge < -0.3 is 5.32 Å². The highest BCUT2D eigenvalue weighted by atomic mass is 16.1. The zero-order chi connectivity index (χ0) is 22.9. The summed E-state index contributed by atoms with van der Waals surface area (Å²) in [5.74, 6) is 2.66. The average Bonchev–Trinajstić information content (AvgIpc) is 3.51. The number of hydrogen-bond donors (Lipinski definition) is 3. The molecular formula is C26H37N7O. The lowest BCUT2D eigenvalue weighted by Crippen LogP contribution is -2.53. The molecule has 3 N–H and O–H groups in total. The number of nitrogens with one attached hydrogen (secondary N) is 3. The number of hydrazine groups is 1. The molecule has 4 aliphatic rings. The minimum Gasteiger partial charge on any atom is -0.353 e. The first-order chi connectivity index (χ1) is 16.8. The van der Waals surface area contributed by atoms with E-state index >= 15 is 0 Å². The van der Waals surface area contributed by atoms with Crippen LogP contribution in [0, 0.1) is 5.92 Å². The van der Waals surface area contributed by atoms with Gasteiger partial charge in [-0.25, -0.2) is 5.43 Å². The van der Waals surface area contributed by atoms with Crippen LogP contribution in [0.4, 0.5) is 5.95 Å². The van der Waals surface area contributed by atoms with Gasteiger partial charge in [0.05, 0.1) is 0 Å². The zero-order valence-corrected chi connectivity index (χ0v) is 20.0.